The molecule has 1 aromatic rings. The SMILES string of the molecule is Cn1ccc(C(=O)N[C@H]2CN(S(C)(=O)=O)C[C@@H]2C2CC2)n1. The summed E-state index contributed by atoms with van der Waals surface area (Å²) in [6.07, 6.45) is 5.18. The van der Waals surface area contributed by atoms with E-state index < -0.39 is 10.0 Å². The van der Waals surface area contributed by atoms with Gasteiger partial charge in [0.25, 0.3) is 5.91 Å². The van der Waals surface area contributed by atoms with Crippen molar-refractivity contribution in [3.8, 4) is 0 Å². The summed E-state index contributed by atoms with van der Waals surface area (Å²) in [5.74, 6) is 0.514. The van der Waals surface area contributed by atoms with Gasteiger partial charge in [-0.2, -0.15) is 9.40 Å². The zero-order valence-electron chi connectivity index (χ0n) is 12.2. The Kier molecular flexibility index (Phi) is 3.53. The third-order valence-electron chi connectivity index (χ3n) is 4.29. The molecule has 1 saturated heterocycles. The molecule has 1 aliphatic heterocycles. The predicted molar refractivity (Wildman–Crippen MR) is 77.1 cm³/mol. The van der Waals surface area contributed by atoms with Crippen LogP contribution in [0.4, 0.5) is 0 Å². The van der Waals surface area contributed by atoms with Gasteiger partial charge in [0.05, 0.1) is 6.26 Å². The van der Waals surface area contributed by atoms with Crippen LogP contribution in [-0.2, 0) is 17.1 Å². The normalized spacial score (nSPS) is 27.0. The van der Waals surface area contributed by atoms with Crippen molar-refractivity contribution in [1.29, 1.82) is 0 Å². The Morgan fingerprint density at radius 2 is 2.10 bits per heavy atom. The Morgan fingerprint density at radius 1 is 1.38 bits per heavy atom. The summed E-state index contributed by atoms with van der Waals surface area (Å²) >= 11 is 0. The van der Waals surface area contributed by atoms with E-state index in [1.807, 2.05) is 0 Å². The summed E-state index contributed by atoms with van der Waals surface area (Å²) in [4.78, 5) is 12.2. The second-order valence-electron chi connectivity index (χ2n) is 6.04. The van der Waals surface area contributed by atoms with Crippen molar-refractivity contribution >= 4 is 15.9 Å². The Balaban J connectivity index is 1.72. The first-order valence-electron chi connectivity index (χ1n) is 7.10. The van der Waals surface area contributed by atoms with Crippen LogP contribution in [0.5, 0.6) is 0 Å². The lowest BCUT2D eigenvalue weighted by Gasteiger charge is -2.18. The summed E-state index contributed by atoms with van der Waals surface area (Å²) in [5, 5.41) is 7.04. The van der Waals surface area contributed by atoms with Crippen LogP contribution in [0.2, 0.25) is 0 Å². The van der Waals surface area contributed by atoms with Gasteiger partial charge in [-0.3, -0.25) is 9.48 Å². The standard InChI is InChI=1S/C13H20N4O3S/c1-16-6-5-11(15-16)13(18)14-12-8-17(21(2,19)20)7-10(12)9-3-4-9/h5-6,9-10,12H,3-4,7-8H2,1-2H3,(H,14,18)/t10-,12+/m1/s1. The molecule has 1 saturated carbocycles. The third-order valence-corrected chi connectivity index (χ3v) is 5.53. The maximum atomic E-state index is 12.2. The number of nitrogens with zero attached hydrogens (tertiary/aromatic N) is 3. The molecule has 1 amide bonds. The van der Waals surface area contributed by atoms with E-state index in [0.717, 1.165) is 12.8 Å². The van der Waals surface area contributed by atoms with E-state index in [0.29, 0.717) is 24.7 Å². The molecule has 2 heterocycles. The molecule has 21 heavy (non-hydrogen) atoms. The molecular weight excluding hydrogens is 292 g/mol. The highest BCUT2D eigenvalue weighted by Gasteiger charge is 2.45. The number of amides is 1. The van der Waals surface area contributed by atoms with Gasteiger partial charge in [-0.15, -0.1) is 0 Å². The van der Waals surface area contributed by atoms with Gasteiger partial charge in [0.1, 0.15) is 5.69 Å². The maximum Gasteiger partial charge on any atom is 0.272 e. The van der Waals surface area contributed by atoms with E-state index in [1.54, 1.807) is 24.0 Å². The van der Waals surface area contributed by atoms with E-state index in [9.17, 15) is 13.2 Å². The minimum Gasteiger partial charge on any atom is -0.346 e. The molecular formula is C13H20N4O3S. The lowest BCUT2D eigenvalue weighted by molar-refractivity contribution is 0.0922. The van der Waals surface area contributed by atoms with Crippen molar-refractivity contribution in [3.63, 3.8) is 0 Å². The van der Waals surface area contributed by atoms with Crippen LogP contribution in [-0.4, -0.2) is 53.8 Å². The molecule has 116 valence electrons. The molecule has 2 fully saturated rings. The van der Waals surface area contributed by atoms with E-state index in [1.165, 1.54) is 10.6 Å². The third kappa shape index (κ3) is 3.11. The molecule has 3 rings (SSSR count). The molecule has 8 heteroatoms. The van der Waals surface area contributed by atoms with Gasteiger partial charge in [0.15, 0.2) is 0 Å². The summed E-state index contributed by atoms with van der Waals surface area (Å²) in [5.41, 5.74) is 0.366. The number of nitrogens with one attached hydrogen (secondary N) is 1. The van der Waals surface area contributed by atoms with Crippen molar-refractivity contribution in [2.45, 2.75) is 18.9 Å². The van der Waals surface area contributed by atoms with Crippen LogP contribution in [0.15, 0.2) is 12.3 Å². The summed E-state index contributed by atoms with van der Waals surface area (Å²) < 4.78 is 26.5. The Morgan fingerprint density at radius 3 is 2.62 bits per heavy atom. The highest BCUT2D eigenvalue weighted by atomic mass is 32.2. The first-order chi connectivity index (χ1) is 9.84. The number of hydrogen-bond acceptors (Lipinski definition) is 4. The summed E-state index contributed by atoms with van der Waals surface area (Å²) in [6.45, 7) is 0.870. The predicted octanol–water partition coefficient (Wildman–Crippen LogP) is -0.180. The minimum atomic E-state index is -3.21. The zero-order valence-corrected chi connectivity index (χ0v) is 13.0. The fraction of sp³-hybridized carbons (Fsp3) is 0.692. The topological polar surface area (TPSA) is 84.3 Å². The van der Waals surface area contributed by atoms with Crippen molar-refractivity contribution in [2.24, 2.45) is 18.9 Å². The Bertz CT molecular complexity index is 650. The summed E-state index contributed by atoms with van der Waals surface area (Å²) in [6, 6.07) is 1.53. The smallest absolute Gasteiger partial charge is 0.272 e. The van der Waals surface area contributed by atoms with Crippen molar-refractivity contribution < 1.29 is 13.2 Å². The molecule has 0 unspecified atom stereocenters. The van der Waals surface area contributed by atoms with E-state index in [2.05, 4.69) is 10.4 Å². The monoisotopic (exact) mass is 312 g/mol. The minimum absolute atomic E-state index is 0.123. The van der Waals surface area contributed by atoms with Crippen molar-refractivity contribution in [2.75, 3.05) is 19.3 Å². The average molecular weight is 312 g/mol. The van der Waals surface area contributed by atoms with Crippen LogP contribution in [0, 0.1) is 11.8 Å². The van der Waals surface area contributed by atoms with Crippen LogP contribution in [0.25, 0.3) is 0 Å². The van der Waals surface area contributed by atoms with E-state index >= 15 is 0 Å². The zero-order chi connectivity index (χ0) is 15.2. The number of aryl methyl sites for hydroxylation is 1. The fourth-order valence-electron chi connectivity index (χ4n) is 3.00. The molecule has 2 atom stereocenters. The largest absolute Gasteiger partial charge is 0.346 e. The average Bonchev–Trinajstić information content (AvgIpc) is 2.99. The molecule has 1 aromatic heterocycles. The first-order valence-corrected chi connectivity index (χ1v) is 8.95. The molecule has 0 aromatic carbocycles. The second-order valence-corrected chi connectivity index (χ2v) is 8.02. The van der Waals surface area contributed by atoms with Crippen LogP contribution in [0.3, 0.4) is 0 Å². The van der Waals surface area contributed by atoms with Crippen LogP contribution < -0.4 is 5.32 Å². The van der Waals surface area contributed by atoms with Gasteiger partial charge in [0, 0.05) is 32.4 Å². The molecule has 1 N–H and O–H groups in total. The van der Waals surface area contributed by atoms with E-state index in [-0.39, 0.29) is 17.9 Å². The molecule has 0 spiro atoms. The molecule has 2 aliphatic rings. The number of hydrogen-bond donors (Lipinski definition) is 1. The van der Waals surface area contributed by atoms with Gasteiger partial charge >= 0.3 is 0 Å². The van der Waals surface area contributed by atoms with Crippen molar-refractivity contribution in [1.82, 2.24) is 19.4 Å². The molecule has 0 bridgehead atoms. The Hall–Kier alpha value is -1.41. The number of carbonyl (C=O) groups is 1. The van der Waals surface area contributed by atoms with Crippen molar-refractivity contribution in [3.05, 3.63) is 18.0 Å². The van der Waals surface area contributed by atoms with Crippen LogP contribution >= 0.6 is 0 Å². The van der Waals surface area contributed by atoms with Crippen LogP contribution in [0.1, 0.15) is 23.3 Å². The van der Waals surface area contributed by atoms with Gasteiger partial charge in [-0.25, -0.2) is 8.42 Å². The number of carbonyl (C=O) groups excluding carboxylic acids is 1. The maximum absolute atomic E-state index is 12.2. The number of aromatic nitrogens is 2. The number of sulfonamides is 1. The lowest BCUT2D eigenvalue weighted by Crippen LogP contribution is -2.41. The molecule has 0 radical (unpaired) electrons. The van der Waals surface area contributed by atoms with Gasteiger partial charge in [0.2, 0.25) is 10.0 Å². The molecule has 1 aliphatic carbocycles. The number of rotatable bonds is 4. The van der Waals surface area contributed by atoms with Gasteiger partial charge in [-0.1, -0.05) is 0 Å². The summed E-state index contributed by atoms with van der Waals surface area (Å²) in [7, 11) is -1.45. The highest BCUT2D eigenvalue weighted by molar-refractivity contribution is 7.88. The Labute approximate surface area is 124 Å². The molecule has 7 nitrogen and oxygen atoms in total. The van der Waals surface area contributed by atoms with Gasteiger partial charge in [-0.05, 0) is 30.7 Å². The first kappa shape index (κ1) is 14.5. The second kappa shape index (κ2) is 5.10. The van der Waals surface area contributed by atoms with E-state index in [4.69, 9.17) is 0 Å². The van der Waals surface area contributed by atoms with Gasteiger partial charge < -0.3 is 5.32 Å². The quantitative estimate of drug-likeness (QED) is 0.836. The lowest BCUT2D eigenvalue weighted by atomic mass is 9.98. The highest BCUT2D eigenvalue weighted by Crippen LogP contribution is 2.41. The fourth-order valence-corrected chi connectivity index (χ4v) is 3.87.